The molecular formula is C48H70N10O14. The predicted octanol–water partition coefficient (Wildman–Crippen LogP) is -3.06. The molecule has 1 fully saturated rings. The highest BCUT2D eigenvalue weighted by Crippen LogP contribution is 2.21. The summed E-state index contributed by atoms with van der Waals surface area (Å²) in [4.78, 5) is 133. The third-order valence-electron chi connectivity index (χ3n) is 12.1. The van der Waals surface area contributed by atoms with Crippen molar-refractivity contribution in [1.82, 2.24) is 42.1 Å². The Kier molecular flexibility index (Phi) is 23.0. The molecule has 9 amide bonds. The molecule has 1 aliphatic rings. The number of likely N-dealkylation sites (tertiary alicyclic amines) is 1. The number of phenols is 1. The van der Waals surface area contributed by atoms with Gasteiger partial charge in [0.05, 0.1) is 31.2 Å². The lowest BCUT2D eigenvalue weighted by Crippen LogP contribution is -2.62. The van der Waals surface area contributed by atoms with Crippen molar-refractivity contribution in [3.8, 4) is 5.75 Å². The fourth-order valence-corrected chi connectivity index (χ4v) is 7.76. The molecule has 24 heteroatoms. The van der Waals surface area contributed by atoms with E-state index in [9.17, 15) is 68.4 Å². The van der Waals surface area contributed by atoms with Crippen molar-refractivity contribution in [2.24, 2.45) is 23.3 Å². The van der Waals surface area contributed by atoms with Crippen molar-refractivity contribution in [2.75, 3.05) is 13.1 Å². The predicted molar refractivity (Wildman–Crippen MR) is 258 cm³/mol. The van der Waals surface area contributed by atoms with E-state index in [-0.39, 0.29) is 31.6 Å². The minimum atomic E-state index is -1.78. The van der Waals surface area contributed by atoms with E-state index in [0.717, 1.165) is 24.3 Å². The van der Waals surface area contributed by atoms with Gasteiger partial charge in [-0.3, -0.25) is 43.2 Å². The lowest BCUT2D eigenvalue weighted by atomic mass is 9.96. The smallest absolute Gasteiger partial charge is 0.326 e. The molecule has 2 aromatic rings. The van der Waals surface area contributed by atoms with Crippen LogP contribution in [-0.4, -0.2) is 158 Å². The van der Waals surface area contributed by atoms with Crippen molar-refractivity contribution in [1.29, 1.82) is 0 Å². The van der Waals surface area contributed by atoms with Gasteiger partial charge in [0.2, 0.25) is 53.2 Å². The zero-order valence-corrected chi connectivity index (χ0v) is 41.3. The number of carbonyl (C=O) groups excluding carboxylic acids is 9. The molecule has 0 bridgehead atoms. The number of aromatic hydroxyl groups is 1. The van der Waals surface area contributed by atoms with Crippen molar-refractivity contribution in [3.63, 3.8) is 0 Å². The highest BCUT2D eigenvalue weighted by atomic mass is 16.4. The van der Waals surface area contributed by atoms with E-state index in [2.05, 4.69) is 37.2 Å². The number of aliphatic hydroxyl groups is 2. The summed E-state index contributed by atoms with van der Waals surface area (Å²) in [5.41, 5.74) is 12.7. The van der Waals surface area contributed by atoms with E-state index in [4.69, 9.17) is 11.5 Å². The molecule has 72 heavy (non-hydrogen) atoms. The molecule has 24 nitrogen and oxygen atoms in total. The number of aliphatic hydroxyl groups excluding tert-OH is 2. The van der Waals surface area contributed by atoms with Gasteiger partial charge < -0.3 is 74.0 Å². The molecule has 15 N–H and O–H groups in total. The topological polar surface area (TPSA) is 391 Å². The van der Waals surface area contributed by atoms with Gasteiger partial charge >= 0.3 is 5.97 Å². The molecular weight excluding hydrogens is 941 g/mol. The van der Waals surface area contributed by atoms with Gasteiger partial charge in [-0.15, -0.1) is 0 Å². The maximum atomic E-state index is 13.8. The summed E-state index contributed by atoms with van der Waals surface area (Å²) in [6.07, 6.45) is -3.00. The molecule has 0 aliphatic carbocycles. The van der Waals surface area contributed by atoms with Gasteiger partial charge in [-0.05, 0) is 68.2 Å². The first-order valence-electron chi connectivity index (χ1n) is 23.7. The summed E-state index contributed by atoms with van der Waals surface area (Å²) in [7, 11) is 0. The number of carbonyl (C=O) groups is 10. The van der Waals surface area contributed by atoms with Crippen LogP contribution in [-0.2, 0) is 60.8 Å². The van der Waals surface area contributed by atoms with E-state index in [1.807, 2.05) is 0 Å². The summed E-state index contributed by atoms with van der Waals surface area (Å²) < 4.78 is 0. The normalized spacial score (nSPS) is 17.5. The van der Waals surface area contributed by atoms with Crippen LogP contribution < -0.4 is 48.7 Å². The molecule has 1 saturated heterocycles. The van der Waals surface area contributed by atoms with E-state index in [1.165, 1.54) is 24.3 Å². The van der Waals surface area contributed by atoms with Crippen molar-refractivity contribution in [3.05, 3.63) is 65.7 Å². The van der Waals surface area contributed by atoms with Crippen LogP contribution in [0.3, 0.4) is 0 Å². The molecule has 3 rings (SSSR count). The molecule has 11 atom stereocenters. The zero-order valence-electron chi connectivity index (χ0n) is 41.3. The summed E-state index contributed by atoms with van der Waals surface area (Å²) in [6.45, 7) is 8.15. The maximum Gasteiger partial charge on any atom is 0.326 e. The number of rotatable bonds is 27. The fourth-order valence-electron chi connectivity index (χ4n) is 7.76. The first kappa shape index (κ1) is 59.1. The highest BCUT2D eigenvalue weighted by Gasteiger charge is 2.40. The number of hydrogen-bond acceptors (Lipinski definition) is 14. The Balaban J connectivity index is 1.69. The number of phenolic OH excluding ortho intramolecular Hbond substituents is 1. The van der Waals surface area contributed by atoms with E-state index < -0.39 is 144 Å². The highest BCUT2D eigenvalue weighted by molar-refractivity contribution is 5.98. The van der Waals surface area contributed by atoms with Gasteiger partial charge in [-0.25, -0.2) is 4.79 Å². The Bertz CT molecular complexity index is 2230. The lowest BCUT2D eigenvalue weighted by Gasteiger charge is -2.30. The van der Waals surface area contributed by atoms with Crippen LogP contribution in [0.15, 0.2) is 54.6 Å². The van der Waals surface area contributed by atoms with E-state index in [1.54, 1.807) is 58.0 Å². The van der Waals surface area contributed by atoms with Crippen molar-refractivity contribution >= 4 is 59.1 Å². The molecule has 0 aromatic heterocycles. The minimum Gasteiger partial charge on any atom is -0.508 e. The van der Waals surface area contributed by atoms with Crippen LogP contribution in [0.2, 0.25) is 0 Å². The van der Waals surface area contributed by atoms with Gasteiger partial charge in [-0.2, -0.15) is 0 Å². The third-order valence-corrected chi connectivity index (χ3v) is 12.1. The second kappa shape index (κ2) is 28.0. The Morgan fingerprint density at radius 1 is 0.653 bits per heavy atom. The molecule has 0 unspecified atom stereocenters. The zero-order chi connectivity index (χ0) is 54.0. The van der Waals surface area contributed by atoms with Crippen LogP contribution in [0.4, 0.5) is 0 Å². The number of carboxylic acid groups (broad SMARTS) is 1. The number of hydrogen-bond donors (Lipinski definition) is 13. The minimum absolute atomic E-state index is 0.0738. The van der Waals surface area contributed by atoms with Crippen LogP contribution in [0, 0.1) is 11.8 Å². The van der Waals surface area contributed by atoms with Crippen LogP contribution in [0.5, 0.6) is 5.75 Å². The SMILES string of the molecule is CC[C@H](C)[C@H](NC(=O)[C@H](CC(N)=O)NC(=O)[C@@H](N)Cc1ccccc1)C(=O)N[C@H](C(=O)NCC(=O)N[C@H](C(=O)N[C@H](C(=O)N[C@@H](Cc1ccc(O)cc1)C(=O)N1CCC[C@H]1C(=O)O)[C@@H](C)O)[C@@H](C)O)C(C)C. The molecule has 0 saturated carbocycles. The van der Waals surface area contributed by atoms with Gasteiger partial charge in [0.15, 0.2) is 0 Å². The quantitative estimate of drug-likeness (QED) is 0.0423. The average molecular weight is 1010 g/mol. The Morgan fingerprint density at radius 3 is 1.74 bits per heavy atom. The number of amides is 9. The first-order chi connectivity index (χ1) is 33.8. The van der Waals surface area contributed by atoms with Gasteiger partial charge in [-0.1, -0.05) is 76.6 Å². The summed E-state index contributed by atoms with van der Waals surface area (Å²) in [5, 5.41) is 57.6. The molecule has 0 radical (unpaired) electrons. The number of nitrogens with one attached hydrogen (secondary N) is 7. The Labute approximate surface area is 417 Å². The standard InChI is InChI=1S/C48H70N10O14/c1-7-25(4)38(56-42(65)32(22-35(50)62)52-41(64)31(49)20-28-12-9-8-10-13-28)44(67)55-37(24(2)3)43(66)51-23-36(63)54-39(26(5)59)46(69)57-40(27(6)60)45(68)53-33(21-29-15-17-30(61)18-16-29)47(70)58-19-11-14-34(58)48(71)72/h8-10,12-13,15-18,24-27,31-34,37-40,59-61H,7,11,14,19-23,49H2,1-6H3,(H2,50,62)(H,51,66)(H,52,64)(H,53,68)(H,54,63)(H,55,67)(H,56,65)(H,57,69)(H,71,72)/t25-,26+,27+,31-,32-,33-,34-,37-,38-,39-,40-/m0/s1. The third kappa shape index (κ3) is 17.9. The van der Waals surface area contributed by atoms with Crippen LogP contribution in [0.1, 0.15) is 78.4 Å². The van der Waals surface area contributed by atoms with E-state index >= 15 is 0 Å². The second-order valence-corrected chi connectivity index (χ2v) is 18.3. The monoisotopic (exact) mass is 1010 g/mol. The summed E-state index contributed by atoms with van der Waals surface area (Å²) >= 11 is 0. The van der Waals surface area contributed by atoms with Crippen LogP contribution >= 0.6 is 0 Å². The number of aliphatic carboxylic acids is 1. The van der Waals surface area contributed by atoms with Gasteiger partial charge in [0, 0.05) is 13.0 Å². The average Bonchev–Trinajstić information content (AvgIpc) is 3.83. The molecule has 1 heterocycles. The summed E-state index contributed by atoms with van der Waals surface area (Å²) in [5.74, 6) is -10.8. The molecule has 396 valence electrons. The number of nitrogens with two attached hydrogens (primary N) is 2. The van der Waals surface area contributed by atoms with Crippen molar-refractivity contribution in [2.45, 2.75) is 141 Å². The number of nitrogens with zero attached hydrogens (tertiary/aromatic N) is 1. The summed E-state index contributed by atoms with van der Waals surface area (Å²) in [6, 6.07) is 3.16. The van der Waals surface area contributed by atoms with Gasteiger partial charge in [0.1, 0.15) is 48.0 Å². The van der Waals surface area contributed by atoms with Gasteiger partial charge in [0.25, 0.3) is 0 Å². The number of primary amides is 1. The Hall–Kier alpha value is -7.18. The largest absolute Gasteiger partial charge is 0.508 e. The molecule has 1 aliphatic heterocycles. The number of benzene rings is 2. The van der Waals surface area contributed by atoms with E-state index in [0.29, 0.717) is 18.4 Å². The Morgan fingerprint density at radius 2 is 1.18 bits per heavy atom. The maximum absolute atomic E-state index is 13.8. The number of carboxylic acids is 1. The first-order valence-corrected chi connectivity index (χ1v) is 23.7. The molecule has 2 aromatic carbocycles. The van der Waals surface area contributed by atoms with Crippen molar-refractivity contribution < 1.29 is 68.4 Å². The second-order valence-electron chi connectivity index (χ2n) is 18.3. The fraction of sp³-hybridized carbons (Fsp3) is 0.542. The lowest BCUT2D eigenvalue weighted by molar-refractivity contribution is -0.149. The molecule has 0 spiro atoms. The van der Waals surface area contributed by atoms with Crippen LogP contribution in [0.25, 0.3) is 0 Å².